The highest BCUT2D eigenvalue weighted by atomic mass is 35.5. The van der Waals surface area contributed by atoms with Gasteiger partial charge in [0.1, 0.15) is 0 Å². The summed E-state index contributed by atoms with van der Waals surface area (Å²) in [4.78, 5) is 56.1. The molecular formula is C26H14Cl3NO5. The molecular weight excluding hydrogens is 513 g/mol. The minimum atomic E-state index is -2.16. The predicted molar refractivity (Wildman–Crippen MR) is 129 cm³/mol. The van der Waals surface area contributed by atoms with E-state index < -0.39 is 46.9 Å². The van der Waals surface area contributed by atoms with Crippen LogP contribution in [0, 0.1) is 11.8 Å². The van der Waals surface area contributed by atoms with Crippen molar-refractivity contribution in [2.45, 2.75) is 11.7 Å². The molecule has 3 atom stereocenters. The third kappa shape index (κ3) is 2.88. The van der Waals surface area contributed by atoms with Crippen LogP contribution in [0.5, 0.6) is 0 Å². The van der Waals surface area contributed by atoms with Crippen LogP contribution in [0.25, 0.3) is 0 Å². The van der Waals surface area contributed by atoms with Gasteiger partial charge in [-0.25, -0.2) is 4.90 Å². The van der Waals surface area contributed by atoms with E-state index in [1.165, 1.54) is 24.3 Å². The van der Waals surface area contributed by atoms with Gasteiger partial charge in [-0.3, -0.25) is 19.2 Å². The van der Waals surface area contributed by atoms with E-state index in [0.717, 1.165) is 4.90 Å². The number of imide groups is 1. The first-order chi connectivity index (χ1) is 16.8. The van der Waals surface area contributed by atoms with Crippen LogP contribution in [0.4, 0.5) is 5.69 Å². The molecule has 2 fully saturated rings. The summed E-state index contributed by atoms with van der Waals surface area (Å²) in [6.07, 6.45) is -1.04. The average molecular weight is 527 g/mol. The molecule has 2 heterocycles. The number of hydrogen-bond acceptors (Lipinski definition) is 5. The fourth-order valence-corrected chi connectivity index (χ4v) is 5.88. The molecule has 0 saturated carbocycles. The summed E-state index contributed by atoms with van der Waals surface area (Å²) < 4.78 is 6.22. The van der Waals surface area contributed by atoms with E-state index in [4.69, 9.17) is 39.5 Å². The van der Waals surface area contributed by atoms with Gasteiger partial charge in [0.25, 0.3) is 0 Å². The molecule has 3 aromatic carbocycles. The topological polar surface area (TPSA) is 80.8 Å². The third-order valence-corrected chi connectivity index (χ3v) is 7.95. The first-order valence-electron chi connectivity index (χ1n) is 10.7. The van der Waals surface area contributed by atoms with Gasteiger partial charge in [-0.15, -0.1) is 0 Å². The number of carbonyl (C=O) groups is 4. The molecule has 0 N–H and O–H groups in total. The van der Waals surface area contributed by atoms with Gasteiger partial charge in [0.15, 0.2) is 0 Å². The minimum absolute atomic E-state index is 0.0150. The zero-order valence-electron chi connectivity index (χ0n) is 17.7. The Bertz CT molecular complexity index is 1430. The van der Waals surface area contributed by atoms with E-state index in [-0.39, 0.29) is 26.9 Å². The third-order valence-electron chi connectivity index (χ3n) is 6.89. The highest BCUT2D eigenvalue weighted by molar-refractivity contribution is 6.45. The van der Waals surface area contributed by atoms with Gasteiger partial charge < -0.3 is 4.74 Å². The Morgan fingerprint density at radius 1 is 0.743 bits per heavy atom. The zero-order valence-corrected chi connectivity index (χ0v) is 20.0. The van der Waals surface area contributed by atoms with Crippen molar-refractivity contribution in [2.75, 3.05) is 4.90 Å². The Kier molecular flexibility index (Phi) is 4.96. The van der Waals surface area contributed by atoms with Crippen LogP contribution in [0.3, 0.4) is 0 Å². The molecule has 35 heavy (non-hydrogen) atoms. The summed E-state index contributed by atoms with van der Waals surface area (Å²) in [5, 5.41) is 0.628. The molecule has 2 amide bonds. The average Bonchev–Trinajstić information content (AvgIpc) is 3.42. The number of hydrogen-bond donors (Lipinski definition) is 0. The molecule has 3 aromatic rings. The first-order valence-corrected chi connectivity index (χ1v) is 11.8. The number of carbonyl (C=O) groups excluding carboxylic acids is 4. The van der Waals surface area contributed by atoms with Crippen LogP contribution >= 0.6 is 34.8 Å². The van der Waals surface area contributed by atoms with E-state index in [1.807, 2.05) is 0 Å². The lowest BCUT2D eigenvalue weighted by atomic mass is 9.77. The molecule has 0 unspecified atom stereocenters. The zero-order chi connectivity index (χ0) is 24.6. The summed E-state index contributed by atoms with van der Waals surface area (Å²) in [6, 6.07) is 17.4. The molecule has 0 radical (unpaired) electrons. The van der Waals surface area contributed by atoms with E-state index in [2.05, 4.69) is 0 Å². The van der Waals surface area contributed by atoms with Crippen LogP contribution in [0.15, 0.2) is 66.7 Å². The van der Waals surface area contributed by atoms with Crippen molar-refractivity contribution in [1.82, 2.24) is 0 Å². The minimum Gasteiger partial charge on any atom is -0.349 e. The highest BCUT2D eigenvalue weighted by Crippen LogP contribution is 2.58. The fourth-order valence-electron chi connectivity index (χ4n) is 5.37. The number of nitrogens with zero attached hydrogens (tertiary/aromatic N) is 1. The van der Waals surface area contributed by atoms with Crippen LogP contribution in [-0.2, 0) is 14.3 Å². The maximum absolute atomic E-state index is 13.9. The molecule has 174 valence electrons. The van der Waals surface area contributed by atoms with E-state index >= 15 is 0 Å². The van der Waals surface area contributed by atoms with Gasteiger partial charge >= 0.3 is 0 Å². The fraction of sp³-hybridized carbons (Fsp3) is 0.154. The van der Waals surface area contributed by atoms with Gasteiger partial charge in [-0.1, -0.05) is 77.3 Å². The Hall–Kier alpha value is -3.03. The number of Topliss-reactive ketones (excluding diaryl/α,β-unsaturated/α-hetero) is 2. The normalized spacial score (nSPS) is 24.4. The number of anilines is 1. The van der Waals surface area contributed by atoms with Crippen LogP contribution in [-0.4, -0.2) is 29.0 Å². The smallest absolute Gasteiger partial charge is 0.241 e. The molecule has 0 bridgehead atoms. The van der Waals surface area contributed by atoms with Crippen molar-refractivity contribution in [3.63, 3.8) is 0 Å². The quantitative estimate of drug-likeness (QED) is 0.333. The number of ketones is 2. The number of rotatable bonds is 2. The van der Waals surface area contributed by atoms with Crippen LogP contribution < -0.4 is 4.90 Å². The van der Waals surface area contributed by atoms with E-state index in [0.29, 0.717) is 10.6 Å². The second kappa shape index (κ2) is 7.73. The summed E-state index contributed by atoms with van der Waals surface area (Å²) in [5.41, 5.74) is -1.24. The van der Waals surface area contributed by atoms with Gasteiger partial charge in [0, 0.05) is 16.1 Å². The summed E-state index contributed by atoms with van der Waals surface area (Å²) in [5.74, 6) is -5.15. The monoisotopic (exact) mass is 525 g/mol. The molecule has 2 aliphatic heterocycles. The molecule has 6 nitrogen and oxygen atoms in total. The standard InChI is InChI=1S/C26H14Cl3NO5/c27-13-10-8-12(9-11-13)21-18-19(25(34)30(24(18)33)17-7-3-6-16(28)20(17)29)26(35-21)22(31)14-4-1-2-5-15(14)23(26)32/h1-11,18-19,21H/t18-,19+,21+/m0/s1. The molecule has 1 spiro atoms. The lowest BCUT2D eigenvalue weighted by Gasteiger charge is -2.27. The Labute approximate surface area is 214 Å². The Balaban J connectivity index is 1.56. The van der Waals surface area contributed by atoms with E-state index in [9.17, 15) is 19.2 Å². The lowest BCUT2D eigenvalue weighted by Crippen LogP contribution is -2.51. The molecule has 0 aromatic heterocycles. The maximum Gasteiger partial charge on any atom is 0.241 e. The van der Waals surface area contributed by atoms with Crippen molar-refractivity contribution in [3.05, 3.63) is 98.5 Å². The molecule has 3 aliphatic rings. The largest absolute Gasteiger partial charge is 0.349 e. The van der Waals surface area contributed by atoms with Crippen molar-refractivity contribution in [1.29, 1.82) is 0 Å². The van der Waals surface area contributed by atoms with Crippen LogP contribution in [0.2, 0.25) is 15.1 Å². The maximum atomic E-state index is 13.9. The van der Waals surface area contributed by atoms with Gasteiger partial charge in [0.2, 0.25) is 29.0 Å². The number of benzene rings is 3. The SMILES string of the molecule is O=C1[C@@H]2[C@@H](c3ccc(Cl)cc3)OC3(C(=O)c4ccccc4C3=O)[C@H]2C(=O)N1c1cccc(Cl)c1Cl. The Morgan fingerprint density at radius 3 is 2.00 bits per heavy atom. The molecule has 1 aliphatic carbocycles. The number of ether oxygens (including phenoxy) is 1. The number of amides is 2. The summed E-state index contributed by atoms with van der Waals surface area (Å²) >= 11 is 18.5. The van der Waals surface area contributed by atoms with Gasteiger partial charge in [-0.05, 0) is 29.8 Å². The second-order valence-electron chi connectivity index (χ2n) is 8.62. The highest BCUT2D eigenvalue weighted by Gasteiger charge is 2.74. The first kappa shape index (κ1) is 22.4. The van der Waals surface area contributed by atoms with E-state index in [1.54, 1.807) is 42.5 Å². The van der Waals surface area contributed by atoms with Crippen LogP contribution in [0.1, 0.15) is 32.4 Å². The summed E-state index contributed by atoms with van der Waals surface area (Å²) in [6.45, 7) is 0. The van der Waals surface area contributed by atoms with Gasteiger partial charge in [-0.2, -0.15) is 0 Å². The molecule has 9 heteroatoms. The molecule has 2 saturated heterocycles. The van der Waals surface area contributed by atoms with Gasteiger partial charge in [0.05, 0.1) is 33.7 Å². The van der Waals surface area contributed by atoms with Crippen molar-refractivity contribution < 1.29 is 23.9 Å². The van der Waals surface area contributed by atoms with Crippen molar-refractivity contribution in [3.8, 4) is 0 Å². The Morgan fingerprint density at radius 2 is 1.37 bits per heavy atom. The predicted octanol–water partition coefficient (Wildman–Crippen LogP) is 5.34. The number of halogens is 3. The number of fused-ring (bicyclic) bond motifs is 3. The van der Waals surface area contributed by atoms with Crippen molar-refractivity contribution >= 4 is 63.9 Å². The second-order valence-corrected chi connectivity index (χ2v) is 9.84. The van der Waals surface area contributed by atoms with Crippen molar-refractivity contribution in [2.24, 2.45) is 11.8 Å². The molecule has 6 rings (SSSR count). The summed E-state index contributed by atoms with van der Waals surface area (Å²) in [7, 11) is 0. The lowest BCUT2D eigenvalue weighted by molar-refractivity contribution is -0.127.